The summed E-state index contributed by atoms with van der Waals surface area (Å²) in [5, 5.41) is 11.2. The van der Waals surface area contributed by atoms with Crippen molar-refractivity contribution < 1.29 is 13.2 Å². The number of nitrogens with zero attached hydrogens (tertiary/aromatic N) is 4. The molecule has 124 valence electrons. The van der Waals surface area contributed by atoms with Crippen LogP contribution in [0.3, 0.4) is 0 Å². The van der Waals surface area contributed by atoms with E-state index in [4.69, 9.17) is 4.42 Å². The Morgan fingerprint density at radius 1 is 1.21 bits per heavy atom. The van der Waals surface area contributed by atoms with Crippen molar-refractivity contribution in [1.29, 1.82) is 0 Å². The van der Waals surface area contributed by atoms with E-state index in [1.54, 1.807) is 23.7 Å². The van der Waals surface area contributed by atoms with Gasteiger partial charge >= 0.3 is 6.43 Å². The van der Waals surface area contributed by atoms with Gasteiger partial charge in [0, 0.05) is 24.2 Å². The van der Waals surface area contributed by atoms with Gasteiger partial charge in [0.15, 0.2) is 0 Å². The molecule has 1 saturated carbocycles. The van der Waals surface area contributed by atoms with Gasteiger partial charge in [0.05, 0.1) is 5.56 Å². The molecule has 0 radical (unpaired) electrons. The Morgan fingerprint density at radius 3 is 2.54 bits per heavy atom. The Morgan fingerprint density at radius 2 is 2.00 bits per heavy atom. The second kappa shape index (κ2) is 6.01. The molecule has 3 aromatic heterocycles. The van der Waals surface area contributed by atoms with Gasteiger partial charge in [0.1, 0.15) is 5.82 Å². The van der Waals surface area contributed by atoms with E-state index in [0.717, 1.165) is 25.1 Å². The minimum atomic E-state index is -2.78. The second-order valence-corrected chi connectivity index (χ2v) is 6.74. The van der Waals surface area contributed by atoms with Crippen molar-refractivity contribution in [1.82, 2.24) is 20.2 Å². The Balaban J connectivity index is 1.53. The lowest BCUT2D eigenvalue weighted by Crippen LogP contribution is -2.36. The van der Waals surface area contributed by atoms with Crippen LogP contribution in [0.2, 0.25) is 0 Å². The van der Waals surface area contributed by atoms with Crippen LogP contribution in [0.1, 0.15) is 43.0 Å². The van der Waals surface area contributed by atoms with Crippen molar-refractivity contribution in [2.75, 3.05) is 0 Å². The molecule has 1 aliphatic rings. The Labute approximate surface area is 140 Å². The van der Waals surface area contributed by atoms with Crippen molar-refractivity contribution in [2.24, 2.45) is 0 Å². The predicted octanol–water partition coefficient (Wildman–Crippen LogP) is 4.19. The average molecular weight is 348 g/mol. The molecule has 4 rings (SSSR count). The Hall–Kier alpha value is -2.22. The standard InChI is InChI=1S/C16H14F2N4OS/c17-13(18)15-22-21-14(23-15)10-7-19-12(20-8-10)6-16(3-1-4-16)11-2-5-24-9-11/h2,5,7-9,13H,1,3-4,6H2. The van der Waals surface area contributed by atoms with Crippen LogP contribution >= 0.6 is 11.3 Å². The molecule has 1 aliphatic carbocycles. The van der Waals surface area contributed by atoms with Gasteiger partial charge in [-0.2, -0.15) is 20.1 Å². The first-order valence-corrected chi connectivity index (χ1v) is 8.56. The van der Waals surface area contributed by atoms with Gasteiger partial charge in [-0.1, -0.05) is 6.42 Å². The average Bonchev–Trinajstić information content (AvgIpc) is 3.23. The number of aromatic nitrogens is 4. The molecule has 0 spiro atoms. The summed E-state index contributed by atoms with van der Waals surface area (Å²) in [6, 6.07) is 2.17. The normalized spacial score (nSPS) is 16.3. The van der Waals surface area contributed by atoms with Gasteiger partial charge in [0.2, 0.25) is 0 Å². The number of hydrogen-bond acceptors (Lipinski definition) is 6. The minimum absolute atomic E-state index is 0.00745. The number of hydrogen-bond donors (Lipinski definition) is 0. The molecule has 0 N–H and O–H groups in total. The number of alkyl halides is 2. The summed E-state index contributed by atoms with van der Waals surface area (Å²) < 4.78 is 29.9. The maximum Gasteiger partial charge on any atom is 0.314 e. The zero-order valence-electron chi connectivity index (χ0n) is 12.7. The van der Waals surface area contributed by atoms with E-state index in [9.17, 15) is 8.78 Å². The zero-order valence-corrected chi connectivity index (χ0v) is 13.5. The first-order chi connectivity index (χ1) is 11.7. The molecule has 3 heterocycles. The van der Waals surface area contributed by atoms with Crippen LogP contribution in [0.25, 0.3) is 11.5 Å². The molecule has 5 nitrogen and oxygen atoms in total. The smallest absolute Gasteiger partial charge is 0.314 e. The van der Waals surface area contributed by atoms with Crippen molar-refractivity contribution >= 4 is 11.3 Å². The van der Waals surface area contributed by atoms with E-state index in [1.807, 2.05) is 0 Å². The third-order valence-corrected chi connectivity index (χ3v) is 5.20. The zero-order chi connectivity index (χ0) is 16.6. The lowest BCUT2D eigenvalue weighted by molar-refractivity contribution is 0.116. The molecule has 1 fully saturated rings. The molecular weight excluding hydrogens is 334 g/mol. The number of halogens is 2. The summed E-state index contributed by atoms with van der Waals surface area (Å²) in [6.07, 6.45) is 4.57. The predicted molar refractivity (Wildman–Crippen MR) is 83.8 cm³/mol. The van der Waals surface area contributed by atoms with Gasteiger partial charge in [0.25, 0.3) is 11.8 Å². The summed E-state index contributed by atoms with van der Waals surface area (Å²) in [4.78, 5) is 8.73. The van der Waals surface area contributed by atoms with Crippen molar-refractivity contribution in [3.8, 4) is 11.5 Å². The van der Waals surface area contributed by atoms with Crippen LogP contribution < -0.4 is 0 Å². The molecule has 3 aromatic rings. The third kappa shape index (κ3) is 2.71. The molecule has 0 saturated heterocycles. The molecule has 0 aliphatic heterocycles. The topological polar surface area (TPSA) is 64.7 Å². The van der Waals surface area contributed by atoms with Crippen LogP contribution in [0.15, 0.2) is 33.6 Å². The highest BCUT2D eigenvalue weighted by molar-refractivity contribution is 7.08. The molecule has 8 heteroatoms. The van der Waals surface area contributed by atoms with E-state index in [2.05, 4.69) is 37.0 Å². The monoisotopic (exact) mass is 348 g/mol. The van der Waals surface area contributed by atoms with Crippen LogP contribution in [-0.4, -0.2) is 20.2 Å². The minimum Gasteiger partial charge on any atom is -0.415 e. The number of thiophene rings is 1. The molecule has 24 heavy (non-hydrogen) atoms. The van der Waals surface area contributed by atoms with Crippen LogP contribution in [0.4, 0.5) is 8.78 Å². The maximum atomic E-state index is 12.5. The first-order valence-electron chi connectivity index (χ1n) is 7.62. The van der Waals surface area contributed by atoms with Crippen LogP contribution in [0.5, 0.6) is 0 Å². The molecule has 0 unspecified atom stereocenters. The summed E-state index contributed by atoms with van der Waals surface area (Å²) in [7, 11) is 0. The summed E-state index contributed by atoms with van der Waals surface area (Å²) in [6.45, 7) is 0. The third-order valence-electron chi connectivity index (χ3n) is 4.52. The van der Waals surface area contributed by atoms with Crippen molar-refractivity contribution in [3.05, 3.63) is 46.5 Å². The van der Waals surface area contributed by atoms with Crippen LogP contribution in [0, 0.1) is 0 Å². The maximum absolute atomic E-state index is 12.5. The van der Waals surface area contributed by atoms with E-state index in [1.165, 1.54) is 12.0 Å². The fraction of sp³-hybridized carbons (Fsp3) is 0.375. The number of rotatable bonds is 5. The summed E-state index contributed by atoms with van der Waals surface area (Å²) in [5.74, 6) is 0.0474. The molecular formula is C16H14F2N4OS. The van der Waals surface area contributed by atoms with Gasteiger partial charge < -0.3 is 4.42 Å². The summed E-state index contributed by atoms with van der Waals surface area (Å²) in [5.41, 5.74) is 1.93. The molecule has 0 atom stereocenters. The molecule has 0 amide bonds. The van der Waals surface area contributed by atoms with E-state index < -0.39 is 12.3 Å². The first kappa shape index (κ1) is 15.3. The second-order valence-electron chi connectivity index (χ2n) is 5.96. The Kier molecular flexibility index (Phi) is 3.84. The Bertz CT molecular complexity index is 813. The molecule has 0 aromatic carbocycles. The highest BCUT2D eigenvalue weighted by Gasteiger charge is 2.39. The largest absolute Gasteiger partial charge is 0.415 e. The van der Waals surface area contributed by atoms with E-state index in [0.29, 0.717) is 5.56 Å². The van der Waals surface area contributed by atoms with E-state index >= 15 is 0 Å². The lowest BCUT2D eigenvalue weighted by Gasteiger charge is -2.41. The SMILES string of the molecule is FC(F)c1nnc(-c2cnc(CC3(c4ccsc4)CCC3)nc2)o1. The van der Waals surface area contributed by atoms with Gasteiger partial charge in [-0.25, -0.2) is 9.97 Å². The quantitative estimate of drug-likeness (QED) is 0.692. The molecule has 0 bridgehead atoms. The summed E-state index contributed by atoms with van der Waals surface area (Å²) >= 11 is 1.70. The van der Waals surface area contributed by atoms with E-state index in [-0.39, 0.29) is 11.3 Å². The van der Waals surface area contributed by atoms with Gasteiger partial charge in [-0.05, 0) is 35.2 Å². The highest BCUT2D eigenvalue weighted by atomic mass is 32.1. The van der Waals surface area contributed by atoms with Crippen molar-refractivity contribution in [2.45, 2.75) is 37.5 Å². The van der Waals surface area contributed by atoms with Crippen LogP contribution in [-0.2, 0) is 11.8 Å². The fourth-order valence-corrected chi connectivity index (χ4v) is 3.81. The fourth-order valence-electron chi connectivity index (χ4n) is 3.04. The highest BCUT2D eigenvalue weighted by Crippen LogP contribution is 2.46. The van der Waals surface area contributed by atoms with Crippen molar-refractivity contribution in [3.63, 3.8) is 0 Å². The van der Waals surface area contributed by atoms with Gasteiger partial charge in [-0.3, -0.25) is 0 Å². The van der Waals surface area contributed by atoms with Gasteiger partial charge in [-0.15, -0.1) is 10.2 Å². The lowest BCUT2D eigenvalue weighted by atomic mass is 9.63.